The lowest BCUT2D eigenvalue weighted by atomic mass is 10.2. The van der Waals surface area contributed by atoms with Gasteiger partial charge in [0.15, 0.2) is 0 Å². The summed E-state index contributed by atoms with van der Waals surface area (Å²) >= 11 is 0. The summed E-state index contributed by atoms with van der Waals surface area (Å²) in [5.41, 5.74) is 1.42. The molecule has 0 saturated heterocycles. The van der Waals surface area contributed by atoms with E-state index in [9.17, 15) is 4.79 Å². The number of aromatic nitrogens is 2. The van der Waals surface area contributed by atoms with Gasteiger partial charge in [-0.2, -0.15) is 0 Å². The van der Waals surface area contributed by atoms with Crippen LogP contribution in [0.3, 0.4) is 0 Å². The number of hydrogen-bond acceptors (Lipinski definition) is 5. The second-order valence-electron chi connectivity index (χ2n) is 5.27. The Balaban J connectivity index is 1.90. The van der Waals surface area contributed by atoms with Gasteiger partial charge in [-0.3, -0.25) is 4.79 Å². The van der Waals surface area contributed by atoms with E-state index < -0.39 is 0 Å². The van der Waals surface area contributed by atoms with E-state index in [1.807, 2.05) is 38.1 Å². The number of benzene rings is 1. The molecule has 1 aromatic heterocycles. The van der Waals surface area contributed by atoms with Gasteiger partial charge in [0.2, 0.25) is 0 Å². The molecule has 0 aliphatic rings. The highest BCUT2D eigenvalue weighted by Crippen LogP contribution is 2.12. The number of carbonyl (C=O) groups is 1. The highest BCUT2D eigenvalue weighted by Gasteiger charge is 2.10. The maximum absolute atomic E-state index is 11.9. The van der Waals surface area contributed by atoms with Gasteiger partial charge in [0.05, 0.1) is 19.5 Å². The monoisotopic (exact) mass is 314 g/mol. The van der Waals surface area contributed by atoms with Crippen LogP contribution in [0.5, 0.6) is 5.75 Å². The summed E-state index contributed by atoms with van der Waals surface area (Å²) in [5, 5.41) is 6.03. The van der Waals surface area contributed by atoms with Gasteiger partial charge in [0, 0.05) is 12.6 Å². The lowest BCUT2D eigenvalue weighted by Crippen LogP contribution is -2.32. The predicted octanol–water partition coefficient (Wildman–Crippen LogP) is 2.63. The minimum absolute atomic E-state index is 0.122. The SMILES string of the molecule is CCC(C)NC(=O)c1cnc(NCc2ccc(OC)cc2)cn1. The number of amides is 1. The third-order valence-corrected chi connectivity index (χ3v) is 3.51. The number of methoxy groups -OCH3 is 1. The fourth-order valence-electron chi connectivity index (χ4n) is 1.87. The zero-order valence-corrected chi connectivity index (χ0v) is 13.7. The lowest BCUT2D eigenvalue weighted by Gasteiger charge is -2.11. The largest absolute Gasteiger partial charge is 0.497 e. The number of anilines is 1. The highest BCUT2D eigenvalue weighted by molar-refractivity contribution is 5.92. The van der Waals surface area contributed by atoms with E-state index in [0.29, 0.717) is 18.1 Å². The summed E-state index contributed by atoms with van der Waals surface area (Å²) in [6.07, 6.45) is 3.92. The Labute approximate surface area is 136 Å². The van der Waals surface area contributed by atoms with Crippen LogP contribution in [0.15, 0.2) is 36.7 Å². The van der Waals surface area contributed by atoms with Crippen LogP contribution in [0.4, 0.5) is 5.82 Å². The van der Waals surface area contributed by atoms with Crippen molar-refractivity contribution in [3.05, 3.63) is 47.9 Å². The topological polar surface area (TPSA) is 76.1 Å². The van der Waals surface area contributed by atoms with Gasteiger partial charge in [0.1, 0.15) is 17.3 Å². The van der Waals surface area contributed by atoms with Crippen molar-refractivity contribution in [3.63, 3.8) is 0 Å². The van der Waals surface area contributed by atoms with Gasteiger partial charge in [-0.1, -0.05) is 19.1 Å². The molecule has 1 amide bonds. The van der Waals surface area contributed by atoms with Crippen LogP contribution in [0, 0.1) is 0 Å². The maximum atomic E-state index is 11.9. The third-order valence-electron chi connectivity index (χ3n) is 3.51. The number of nitrogens with one attached hydrogen (secondary N) is 2. The quantitative estimate of drug-likeness (QED) is 0.821. The molecule has 0 fully saturated rings. The third kappa shape index (κ3) is 4.95. The average molecular weight is 314 g/mol. The Morgan fingerprint density at radius 3 is 2.52 bits per heavy atom. The number of hydrogen-bond donors (Lipinski definition) is 2. The Morgan fingerprint density at radius 1 is 1.22 bits per heavy atom. The zero-order valence-electron chi connectivity index (χ0n) is 13.7. The molecule has 1 unspecified atom stereocenters. The maximum Gasteiger partial charge on any atom is 0.271 e. The minimum atomic E-state index is -0.200. The van der Waals surface area contributed by atoms with Crippen LogP contribution in [-0.4, -0.2) is 29.0 Å². The van der Waals surface area contributed by atoms with Crippen LogP contribution in [0.2, 0.25) is 0 Å². The van der Waals surface area contributed by atoms with Crippen molar-refractivity contribution < 1.29 is 9.53 Å². The molecular weight excluding hydrogens is 292 g/mol. The van der Waals surface area contributed by atoms with Gasteiger partial charge in [0.25, 0.3) is 5.91 Å². The van der Waals surface area contributed by atoms with E-state index in [4.69, 9.17) is 4.74 Å². The van der Waals surface area contributed by atoms with Gasteiger partial charge in [-0.05, 0) is 31.0 Å². The van der Waals surface area contributed by atoms with Gasteiger partial charge in [-0.25, -0.2) is 9.97 Å². The average Bonchev–Trinajstić information content (AvgIpc) is 2.60. The van der Waals surface area contributed by atoms with E-state index in [0.717, 1.165) is 17.7 Å². The lowest BCUT2D eigenvalue weighted by molar-refractivity contribution is 0.0934. The van der Waals surface area contributed by atoms with Crippen molar-refractivity contribution in [1.29, 1.82) is 0 Å². The Bertz CT molecular complexity index is 626. The first kappa shape index (κ1) is 16.7. The molecular formula is C17H22N4O2. The number of nitrogens with zero attached hydrogens (tertiary/aromatic N) is 2. The summed E-state index contributed by atoms with van der Waals surface area (Å²) < 4.78 is 5.12. The Morgan fingerprint density at radius 2 is 1.96 bits per heavy atom. The number of carbonyl (C=O) groups excluding carboxylic acids is 1. The van der Waals surface area contributed by atoms with E-state index in [2.05, 4.69) is 20.6 Å². The van der Waals surface area contributed by atoms with Crippen LogP contribution >= 0.6 is 0 Å². The molecule has 1 heterocycles. The highest BCUT2D eigenvalue weighted by atomic mass is 16.5. The van der Waals surface area contributed by atoms with E-state index >= 15 is 0 Å². The predicted molar refractivity (Wildman–Crippen MR) is 89.6 cm³/mol. The zero-order chi connectivity index (χ0) is 16.7. The van der Waals surface area contributed by atoms with Gasteiger partial charge in [-0.15, -0.1) is 0 Å². The summed E-state index contributed by atoms with van der Waals surface area (Å²) in [6.45, 7) is 4.59. The molecule has 0 saturated carbocycles. The standard InChI is InChI=1S/C17H22N4O2/c1-4-12(2)21-17(22)15-10-20-16(11-18-15)19-9-13-5-7-14(23-3)8-6-13/h5-8,10-12H,4,9H2,1-3H3,(H,19,20)(H,21,22). The molecule has 2 rings (SSSR count). The molecule has 6 nitrogen and oxygen atoms in total. The van der Waals surface area contributed by atoms with Crippen molar-refractivity contribution >= 4 is 11.7 Å². The normalized spacial score (nSPS) is 11.6. The van der Waals surface area contributed by atoms with Crippen molar-refractivity contribution in [2.24, 2.45) is 0 Å². The first-order valence-corrected chi connectivity index (χ1v) is 7.62. The molecule has 1 atom stereocenters. The molecule has 0 aliphatic heterocycles. The first-order valence-electron chi connectivity index (χ1n) is 7.62. The molecule has 0 bridgehead atoms. The smallest absolute Gasteiger partial charge is 0.271 e. The fourth-order valence-corrected chi connectivity index (χ4v) is 1.87. The molecule has 122 valence electrons. The van der Waals surface area contributed by atoms with E-state index in [1.165, 1.54) is 6.20 Å². The molecule has 23 heavy (non-hydrogen) atoms. The molecule has 0 radical (unpaired) electrons. The second-order valence-corrected chi connectivity index (χ2v) is 5.27. The molecule has 0 aliphatic carbocycles. The summed E-state index contributed by atoms with van der Waals surface area (Å²) in [7, 11) is 1.64. The molecule has 2 aromatic rings. The van der Waals surface area contributed by atoms with Gasteiger partial charge >= 0.3 is 0 Å². The molecule has 1 aromatic carbocycles. The Kier molecular flexibility index (Phi) is 5.91. The molecule has 2 N–H and O–H groups in total. The van der Waals surface area contributed by atoms with Crippen LogP contribution in [0.1, 0.15) is 36.3 Å². The van der Waals surface area contributed by atoms with E-state index in [1.54, 1.807) is 13.3 Å². The summed E-state index contributed by atoms with van der Waals surface area (Å²) in [5.74, 6) is 1.25. The van der Waals surface area contributed by atoms with Crippen LogP contribution in [-0.2, 0) is 6.54 Å². The van der Waals surface area contributed by atoms with Crippen molar-refractivity contribution in [1.82, 2.24) is 15.3 Å². The molecule has 6 heteroatoms. The van der Waals surface area contributed by atoms with Crippen molar-refractivity contribution in [3.8, 4) is 5.75 Å². The minimum Gasteiger partial charge on any atom is -0.497 e. The first-order chi connectivity index (χ1) is 11.1. The number of ether oxygens (including phenoxy) is 1. The van der Waals surface area contributed by atoms with Crippen LogP contribution in [0.25, 0.3) is 0 Å². The summed E-state index contributed by atoms with van der Waals surface area (Å²) in [6, 6.07) is 7.90. The molecule has 0 spiro atoms. The number of rotatable bonds is 7. The fraction of sp³-hybridized carbons (Fsp3) is 0.353. The van der Waals surface area contributed by atoms with Crippen molar-refractivity contribution in [2.45, 2.75) is 32.9 Å². The van der Waals surface area contributed by atoms with Gasteiger partial charge < -0.3 is 15.4 Å². The van der Waals surface area contributed by atoms with Crippen LogP contribution < -0.4 is 15.4 Å². The van der Waals surface area contributed by atoms with E-state index in [-0.39, 0.29) is 11.9 Å². The Hall–Kier alpha value is -2.63. The second kappa shape index (κ2) is 8.12. The van der Waals surface area contributed by atoms with Crippen molar-refractivity contribution in [2.75, 3.05) is 12.4 Å². The summed E-state index contributed by atoms with van der Waals surface area (Å²) in [4.78, 5) is 20.3.